The summed E-state index contributed by atoms with van der Waals surface area (Å²) in [7, 11) is 0. The van der Waals surface area contributed by atoms with Gasteiger partial charge in [-0.3, -0.25) is 19.3 Å². The van der Waals surface area contributed by atoms with Gasteiger partial charge >= 0.3 is 0 Å². The summed E-state index contributed by atoms with van der Waals surface area (Å²) in [5.74, 6) is -4.06. The highest BCUT2D eigenvalue weighted by Gasteiger charge is 2.52. The third-order valence-electron chi connectivity index (χ3n) is 7.05. The minimum Gasteiger partial charge on any atom is -0.502 e. The summed E-state index contributed by atoms with van der Waals surface area (Å²) in [4.78, 5) is 27.2. The van der Waals surface area contributed by atoms with Crippen molar-refractivity contribution in [3.8, 4) is 5.75 Å². The lowest BCUT2D eigenvalue weighted by Crippen LogP contribution is -2.69. The van der Waals surface area contributed by atoms with Crippen molar-refractivity contribution in [3.63, 3.8) is 0 Å². The maximum atomic E-state index is 13.5. The van der Waals surface area contributed by atoms with Crippen molar-refractivity contribution >= 4 is 5.91 Å². The van der Waals surface area contributed by atoms with Gasteiger partial charge in [-0.05, 0) is 37.7 Å². The predicted octanol–water partition coefficient (Wildman–Crippen LogP) is 3.42. The van der Waals surface area contributed by atoms with Gasteiger partial charge in [0.05, 0.1) is 5.54 Å². The Hall–Kier alpha value is -2.90. The topological polar surface area (TPSA) is 65.8 Å². The molecule has 0 spiro atoms. The van der Waals surface area contributed by atoms with Crippen LogP contribution in [0.4, 0.5) is 8.78 Å². The minimum absolute atomic E-state index is 0.0983. The monoisotopic (exact) mass is 429 g/mol. The summed E-state index contributed by atoms with van der Waals surface area (Å²) in [6.07, 6.45) is 3.05. The lowest BCUT2D eigenvalue weighted by Gasteiger charge is -2.58. The van der Waals surface area contributed by atoms with E-state index in [9.17, 15) is 23.5 Å². The molecule has 1 aromatic heterocycles. The molecule has 2 aromatic rings. The van der Waals surface area contributed by atoms with E-state index in [1.807, 2.05) is 35.3 Å². The van der Waals surface area contributed by atoms with Gasteiger partial charge in [0.15, 0.2) is 11.4 Å². The molecule has 0 radical (unpaired) electrons. The summed E-state index contributed by atoms with van der Waals surface area (Å²) in [6, 6.07) is 11.2. The van der Waals surface area contributed by atoms with Gasteiger partial charge in [0.2, 0.25) is 11.4 Å². The maximum Gasteiger partial charge on any atom is 0.278 e. The Balaban J connectivity index is 1.64. The molecule has 31 heavy (non-hydrogen) atoms. The van der Waals surface area contributed by atoms with E-state index in [-0.39, 0.29) is 37.2 Å². The number of fused-ring (bicyclic) bond motifs is 3. The van der Waals surface area contributed by atoms with Crippen molar-refractivity contribution in [2.45, 2.75) is 56.7 Å². The first-order valence-corrected chi connectivity index (χ1v) is 10.7. The number of alkyl halides is 2. The second kappa shape index (κ2) is 6.80. The van der Waals surface area contributed by atoms with E-state index in [4.69, 9.17) is 0 Å². The smallest absolute Gasteiger partial charge is 0.278 e. The Labute approximate surface area is 178 Å². The lowest BCUT2D eigenvalue weighted by molar-refractivity contribution is -0.118. The number of hydrogen-bond acceptors (Lipinski definition) is 4. The number of carbonyl (C=O) groups excluding carboxylic acids is 1. The minimum atomic E-state index is -2.68. The molecule has 2 fully saturated rings. The van der Waals surface area contributed by atoms with Crippen LogP contribution < -0.4 is 10.4 Å². The molecule has 2 atom stereocenters. The average Bonchev–Trinajstić information content (AvgIpc) is 2.72. The van der Waals surface area contributed by atoms with E-state index in [1.54, 1.807) is 9.58 Å². The van der Waals surface area contributed by atoms with Crippen LogP contribution in [0.3, 0.4) is 0 Å². The van der Waals surface area contributed by atoms with E-state index in [0.29, 0.717) is 6.42 Å². The SMILES string of the molecule is CC1(c2ccccc2)CCCC2N(CC3CC(F)(F)C3)C(=O)c3c(O)c(=O)ccn3N21. The number of halogens is 2. The molecule has 8 heteroatoms. The van der Waals surface area contributed by atoms with E-state index in [2.05, 4.69) is 6.92 Å². The highest BCUT2D eigenvalue weighted by Crippen LogP contribution is 2.46. The number of piperidine rings is 1. The molecule has 0 bridgehead atoms. The summed E-state index contributed by atoms with van der Waals surface area (Å²) >= 11 is 0. The molecule has 3 heterocycles. The van der Waals surface area contributed by atoms with Crippen molar-refractivity contribution in [2.24, 2.45) is 5.92 Å². The Kier molecular flexibility index (Phi) is 4.39. The predicted molar refractivity (Wildman–Crippen MR) is 111 cm³/mol. The molecule has 1 saturated heterocycles. The van der Waals surface area contributed by atoms with Gasteiger partial charge < -0.3 is 10.0 Å². The molecule has 3 aliphatic rings. The molecule has 5 rings (SSSR count). The maximum absolute atomic E-state index is 13.5. The second-order valence-corrected chi connectivity index (χ2v) is 9.17. The molecule has 164 valence electrons. The first kappa shape index (κ1) is 20.0. The van der Waals surface area contributed by atoms with Gasteiger partial charge in [-0.15, -0.1) is 0 Å². The fourth-order valence-electron chi connectivity index (χ4n) is 5.50. The number of hydrogen-bond donors (Lipinski definition) is 1. The van der Waals surface area contributed by atoms with Gasteiger partial charge in [0.25, 0.3) is 5.91 Å². The standard InChI is InChI=1S/C23H25F2N3O3/c1-22(16-6-3-2-4-7-16)10-5-8-18-26(14-15-12-23(24,25)13-15)21(31)19-20(30)17(29)9-11-27(19)28(18)22/h2-4,6-7,9,11,15,18,30H,5,8,10,12-14H2,1H3. The van der Waals surface area contributed by atoms with Crippen molar-refractivity contribution in [1.82, 2.24) is 9.58 Å². The Morgan fingerprint density at radius 1 is 1.13 bits per heavy atom. The summed E-state index contributed by atoms with van der Waals surface area (Å²) < 4.78 is 28.5. The normalized spacial score (nSPS) is 27.5. The third kappa shape index (κ3) is 3.03. The van der Waals surface area contributed by atoms with Crippen LogP contribution in [0.25, 0.3) is 0 Å². The van der Waals surface area contributed by atoms with Crippen LogP contribution in [-0.4, -0.2) is 39.2 Å². The Bertz CT molecular complexity index is 1080. The highest BCUT2D eigenvalue weighted by atomic mass is 19.3. The van der Waals surface area contributed by atoms with E-state index < -0.39 is 28.5 Å². The van der Waals surface area contributed by atoms with Crippen LogP contribution >= 0.6 is 0 Å². The summed E-state index contributed by atoms with van der Waals surface area (Å²) in [5.41, 5.74) is -0.193. The lowest BCUT2D eigenvalue weighted by atomic mass is 9.79. The van der Waals surface area contributed by atoms with E-state index in [1.165, 1.54) is 12.3 Å². The first-order chi connectivity index (χ1) is 14.7. The molecular weight excluding hydrogens is 404 g/mol. The van der Waals surface area contributed by atoms with Crippen LogP contribution in [0.15, 0.2) is 47.4 Å². The van der Waals surface area contributed by atoms with Gasteiger partial charge in [0.1, 0.15) is 6.17 Å². The van der Waals surface area contributed by atoms with Crippen molar-refractivity contribution in [3.05, 3.63) is 64.1 Å². The van der Waals surface area contributed by atoms with Crippen LogP contribution in [0.1, 0.15) is 55.1 Å². The number of nitrogens with zero attached hydrogens (tertiary/aromatic N) is 3. The van der Waals surface area contributed by atoms with Gasteiger partial charge in [-0.25, -0.2) is 8.78 Å². The van der Waals surface area contributed by atoms with Crippen LogP contribution in [0, 0.1) is 5.92 Å². The average molecular weight is 429 g/mol. The highest BCUT2D eigenvalue weighted by molar-refractivity contribution is 5.96. The molecule has 1 amide bonds. The molecule has 1 aromatic carbocycles. The zero-order valence-corrected chi connectivity index (χ0v) is 17.3. The van der Waals surface area contributed by atoms with Crippen LogP contribution in [0.2, 0.25) is 0 Å². The molecule has 1 saturated carbocycles. The number of aromatic hydroxyl groups is 1. The molecule has 2 aliphatic heterocycles. The second-order valence-electron chi connectivity index (χ2n) is 9.17. The summed E-state index contributed by atoms with van der Waals surface area (Å²) in [6.45, 7) is 2.27. The van der Waals surface area contributed by atoms with Gasteiger partial charge in [-0.2, -0.15) is 0 Å². The third-order valence-corrected chi connectivity index (χ3v) is 7.05. The van der Waals surface area contributed by atoms with E-state index in [0.717, 1.165) is 18.4 Å². The summed E-state index contributed by atoms with van der Waals surface area (Å²) in [5, 5.41) is 12.6. The zero-order valence-electron chi connectivity index (χ0n) is 17.3. The number of pyridine rings is 1. The zero-order chi connectivity index (χ0) is 22.0. The molecular formula is C23H25F2N3O3. The van der Waals surface area contributed by atoms with Crippen LogP contribution in [-0.2, 0) is 5.54 Å². The molecule has 1 N–H and O–H groups in total. The number of benzene rings is 1. The number of rotatable bonds is 3. The largest absolute Gasteiger partial charge is 0.502 e. The van der Waals surface area contributed by atoms with Crippen molar-refractivity contribution < 1.29 is 18.7 Å². The van der Waals surface area contributed by atoms with E-state index >= 15 is 0 Å². The molecule has 1 aliphatic carbocycles. The molecule has 6 nitrogen and oxygen atoms in total. The number of aromatic nitrogens is 1. The Morgan fingerprint density at radius 2 is 1.84 bits per heavy atom. The van der Waals surface area contributed by atoms with Gasteiger partial charge in [-0.1, -0.05) is 30.3 Å². The first-order valence-electron chi connectivity index (χ1n) is 10.7. The number of carbonyl (C=O) groups is 1. The van der Waals surface area contributed by atoms with Crippen molar-refractivity contribution in [2.75, 3.05) is 11.6 Å². The fourth-order valence-corrected chi connectivity index (χ4v) is 5.50. The quantitative estimate of drug-likeness (QED) is 0.812. The number of amides is 1. The van der Waals surface area contributed by atoms with Crippen molar-refractivity contribution in [1.29, 1.82) is 0 Å². The molecule has 2 unspecified atom stereocenters. The fraction of sp³-hybridized carbons (Fsp3) is 0.478. The van der Waals surface area contributed by atoms with Crippen LogP contribution in [0.5, 0.6) is 5.75 Å². The Morgan fingerprint density at radius 3 is 2.52 bits per heavy atom. The van der Waals surface area contributed by atoms with Gasteiger partial charge in [0, 0.05) is 31.6 Å².